The Kier molecular flexibility index (Phi) is 5.53. The van der Waals surface area contributed by atoms with Crippen LogP contribution in [0.4, 0.5) is 0 Å². The second kappa shape index (κ2) is 8.65. The third-order valence-corrected chi connectivity index (χ3v) is 6.36. The molecule has 0 unspecified atom stereocenters. The van der Waals surface area contributed by atoms with Crippen molar-refractivity contribution in [1.29, 1.82) is 0 Å². The van der Waals surface area contributed by atoms with Crippen molar-refractivity contribution in [3.05, 3.63) is 136 Å². The Morgan fingerprint density at radius 1 is 0.667 bits per heavy atom. The van der Waals surface area contributed by atoms with Gasteiger partial charge in [-0.1, -0.05) is 91.3 Å². The standard InChI is InChI=1S/C30H21ClO2/c1-2-19-17-21(24-7-3-5-9-26(24)29(19)32)11-12-22-18-28(20-13-15-23(31)16-14-20)30(33)27-10-6-4-8-25(22)27/h3-18H,2H2,1H3/b21-11-,22-12-. The number of Topliss-reactive ketones (excluding diaryl/α,β-unsaturated/α-hetero) is 2. The maximum atomic E-state index is 13.2. The highest BCUT2D eigenvalue weighted by Crippen LogP contribution is 2.36. The summed E-state index contributed by atoms with van der Waals surface area (Å²) in [4.78, 5) is 26.0. The van der Waals surface area contributed by atoms with Gasteiger partial charge in [0, 0.05) is 27.3 Å². The number of carbonyl (C=O) groups is 2. The van der Waals surface area contributed by atoms with Gasteiger partial charge in [-0.2, -0.15) is 0 Å². The number of hydrogen-bond acceptors (Lipinski definition) is 2. The molecule has 0 N–H and O–H groups in total. The van der Waals surface area contributed by atoms with Crippen LogP contribution in [0, 0.1) is 0 Å². The zero-order valence-electron chi connectivity index (χ0n) is 18.1. The number of hydrogen-bond donors (Lipinski definition) is 0. The Hall–Kier alpha value is -3.75. The van der Waals surface area contributed by atoms with E-state index in [0.29, 0.717) is 22.6 Å². The largest absolute Gasteiger partial charge is 0.289 e. The van der Waals surface area contributed by atoms with Gasteiger partial charge in [0.25, 0.3) is 0 Å². The van der Waals surface area contributed by atoms with Gasteiger partial charge >= 0.3 is 0 Å². The zero-order valence-corrected chi connectivity index (χ0v) is 18.9. The molecular formula is C30H21ClO2. The van der Waals surface area contributed by atoms with E-state index in [2.05, 4.69) is 0 Å². The molecule has 0 saturated heterocycles. The van der Waals surface area contributed by atoms with Gasteiger partial charge in [0.15, 0.2) is 11.6 Å². The van der Waals surface area contributed by atoms with E-state index in [9.17, 15) is 9.59 Å². The first-order valence-electron chi connectivity index (χ1n) is 10.9. The molecule has 0 aliphatic heterocycles. The third kappa shape index (κ3) is 3.83. The van der Waals surface area contributed by atoms with Gasteiger partial charge < -0.3 is 0 Å². The number of rotatable bonds is 3. The summed E-state index contributed by atoms with van der Waals surface area (Å²) >= 11 is 6.05. The topological polar surface area (TPSA) is 34.1 Å². The van der Waals surface area contributed by atoms with Crippen LogP contribution < -0.4 is 0 Å². The Labute approximate surface area is 198 Å². The molecule has 3 heteroatoms. The van der Waals surface area contributed by atoms with E-state index in [4.69, 9.17) is 11.6 Å². The molecule has 0 heterocycles. The van der Waals surface area contributed by atoms with Crippen molar-refractivity contribution in [3.8, 4) is 0 Å². The molecule has 0 atom stereocenters. The average molecular weight is 449 g/mol. The van der Waals surface area contributed by atoms with Crippen molar-refractivity contribution < 1.29 is 9.59 Å². The molecule has 2 aliphatic carbocycles. The molecule has 5 rings (SSSR count). The fourth-order valence-corrected chi connectivity index (χ4v) is 4.50. The van der Waals surface area contributed by atoms with Crippen LogP contribution in [0.5, 0.6) is 0 Å². The minimum absolute atomic E-state index is 0.000464. The predicted octanol–water partition coefficient (Wildman–Crippen LogP) is 7.62. The van der Waals surface area contributed by atoms with E-state index in [-0.39, 0.29) is 11.6 Å². The molecule has 3 aromatic rings. The molecule has 2 aliphatic rings. The summed E-state index contributed by atoms with van der Waals surface area (Å²) < 4.78 is 0. The van der Waals surface area contributed by atoms with E-state index in [1.165, 1.54) is 0 Å². The van der Waals surface area contributed by atoms with Crippen LogP contribution in [-0.4, -0.2) is 11.6 Å². The summed E-state index contributed by atoms with van der Waals surface area (Å²) in [5, 5.41) is 0.632. The van der Waals surface area contributed by atoms with Crippen molar-refractivity contribution in [3.63, 3.8) is 0 Å². The molecule has 0 amide bonds. The fourth-order valence-electron chi connectivity index (χ4n) is 4.38. The number of allylic oxidation sites excluding steroid dienone is 8. The second-order valence-corrected chi connectivity index (χ2v) is 8.52. The molecule has 2 nitrogen and oxygen atoms in total. The number of fused-ring (bicyclic) bond motifs is 2. The van der Waals surface area contributed by atoms with Gasteiger partial charge in [-0.05, 0) is 58.5 Å². The molecular weight excluding hydrogens is 428 g/mol. The Morgan fingerprint density at radius 2 is 1.18 bits per heavy atom. The number of ketones is 2. The van der Waals surface area contributed by atoms with Crippen molar-refractivity contribution >= 4 is 39.9 Å². The first kappa shape index (κ1) is 21.1. The molecule has 0 saturated carbocycles. The minimum atomic E-state index is -0.000464. The molecule has 0 spiro atoms. The lowest BCUT2D eigenvalue weighted by Gasteiger charge is -2.19. The molecule has 33 heavy (non-hydrogen) atoms. The van der Waals surface area contributed by atoms with Crippen LogP contribution in [0.2, 0.25) is 5.02 Å². The average Bonchev–Trinajstić information content (AvgIpc) is 2.85. The first-order chi connectivity index (χ1) is 16.1. The van der Waals surface area contributed by atoms with Gasteiger partial charge in [0.05, 0.1) is 0 Å². The molecule has 0 fully saturated rings. The highest BCUT2D eigenvalue weighted by Gasteiger charge is 2.24. The van der Waals surface area contributed by atoms with E-state index in [1.807, 2.05) is 91.9 Å². The van der Waals surface area contributed by atoms with Gasteiger partial charge in [-0.3, -0.25) is 9.59 Å². The SMILES string of the molecule is CCC1=C/C(=C/C=C2/C=C(c3ccc(Cl)cc3)C(=O)c3ccccc32)c2ccccc2C1=O. The Morgan fingerprint density at radius 3 is 1.76 bits per heavy atom. The summed E-state index contributed by atoms with van der Waals surface area (Å²) in [5.74, 6) is 0.0935. The van der Waals surface area contributed by atoms with Crippen LogP contribution in [-0.2, 0) is 0 Å². The van der Waals surface area contributed by atoms with Crippen molar-refractivity contribution in [2.75, 3.05) is 0 Å². The smallest absolute Gasteiger partial charge is 0.194 e. The number of benzene rings is 3. The maximum Gasteiger partial charge on any atom is 0.194 e. The van der Waals surface area contributed by atoms with Crippen LogP contribution in [0.25, 0.3) is 16.7 Å². The van der Waals surface area contributed by atoms with Gasteiger partial charge in [-0.25, -0.2) is 0 Å². The fraction of sp³-hybridized carbons (Fsp3) is 0.0667. The first-order valence-corrected chi connectivity index (χ1v) is 11.3. The van der Waals surface area contributed by atoms with Crippen molar-refractivity contribution in [1.82, 2.24) is 0 Å². The molecule has 3 aromatic carbocycles. The summed E-state index contributed by atoms with van der Waals surface area (Å²) in [6.45, 7) is 2.00. The van der Waals surface area contributed by atoms with Crippen molar-refractivity contribution in [2.24, 2.45) is 0 Å². The second-order valence-electron chi connectivity index (χ2n) is 8.08. The summed E-state index contributed by atoms with van der Waals surface area (Å²) in [6, 6.07) is 22.7. The van der Waals surface area contributed by atoms with Gasteiger partial charge in [0.2, 0.25) is 0 Å². The quantitative estimate of drug-likeness (QED) is 0.413. The van der Waals surface area contributed by atoms with Crippen LogP contribution >= 0.6 is 11.6 Å². The van der Waals surface area contributed by atoms with Gasteiger partial charge in [0.1, 0.15) is 0 Å². The minimum Gasteiger partial charge on any atom is -0.289 e. The monoisotopic (exact) mass is 448 g/mol. The molecule has 0 aromatic heterocycles. The van der Waals surface area contributed by atoms with Crippen LogP contribution in [0.15, 0.2) is 103 Å². The molecule has 0 radical (unpaired) electrons. The zero-order chi connectivity index (χ0) is 22.9. The maximum absolute atomic E-state index is 13.2. The van der Waals surface area contributed by atoms with E-state index >= 15 is 0 Å². The van der Waals surface area contributed by atoms with E-state index < -0.39 is 0 Å². The molecule has 160 valence electrons. The summed E-state index contributed by atoms with van der Waals surface area (Å²) in [7, 11) is 0. The van der Waals surface area contributed by atoms with E-state index in [1.54, 1.807) is 12.1 Å². The summed E-state index contributed by atoms with van der Waals surface area (Å²) in [6.07, 6.45) is 8.67. The number of halogens is 1. The van der Waals surface area contributed by atoms with E-state index in [0.717, 1.165) is 39.0 Å². The van der Waals surface area contributed by atoms with Crippen LogP contribution in [0.1, 0.15) is 50.8 Å². The lowest BCUT2D eigenvalue weighted by Crippen LogP contribution is -2.11. The lowest BCUT2D eigenvalue weighted by molar-refractivity contribution is 0.102. The Balaban J connectivity index is 1.66. The molecule has 0 bridgehead atoms. The predicted molar refractivity (Wildman–Crippen MR) is 135 cm³/mol. The highest BCUT2D eigenvalue weighted by molar-refractivity contribution is 6.34. The van der Waals surface area contributed by atoms with Crippen molar-refractivity contribution in [2.45, 2.75) is 13.3 Å². The normalized spacial score (nSPS) is 17.5. The highest BCUT2D eigenvalue weighted by atomic mass is 35.5. The van der Waals surface area contributed by atoms with Gasteiger partial charge in [-0.15, -0.1) is 0 Å². The van der Waals surface area contributed by atoms with Crippen LogP contribution in [0.3, 0.4) is 0 Å². The Bertz CT molecular complexity index is 1420. The summed E-state index contributed by atoms with van der Waals surface area (Å²) in [5.41, 5.74) is 7.45. The number of carbonyl (C=O) groups excluding carboxylic acids is 2. The third-order valence-electron chi connectivity index (χ3n) is 6.11. The lowest BCUT2D eigenvalue weighted by atomic mass is 9.83.